The molecule has 158 valence electrons. The number of nitrogens with one attached hydrogen (secondary N) is 2. The average molecular weight is 504 g/mol. The second-order valence-electron chi connectivity index (χ2n) is 7.68. The van der Waals surface area contributed by atoms with Crippen LogP contribution in [0.25, 0.3) is 0 Å². The molecule has 0 spiro atoms. The molecule has 2 saturated heterocycles. The van der Waals surface area contributed by atoms with Crippen LogP contribution < -0.4 is 10.6 Å². The van der Waals surface area contributed by atoms with E-state index in [1.807, 2.05) is 13.1 Å². The fourth-order valence-corrected chi connectivity index (χ4v) is 3.93. The topological polar surface area (TPSA) is 48.9 Å². The highest BCUT2D eigenvalue weighted by Crippen LogP contribution is 2.17. The first-order chi connectivity index (χ1) is 13.2. The molecular weight excluding hydrogens is 470 g/mol. The summed E-state index contributed by atoms with van der Waals surface area (Å²) >= 11 is 0. The summed E-state index contributed by atoms with van der Waals surface area (Å²) in [6, 6.07) is 7.32. The van der Waals surface area contributed by atoms with Crippen molar-refractivity contribution in [2.45, 2.75) is 38.1 Å². The number of likely N-dealkylation sites (tertiary alicyclic amines) is 1. The lowest BCUT2D eigenvalue weighted by Gasteiger charge is -2.34. The molecule has 2 N–H and O–H groups in total. The molecule has 1 unspecified atom stereocenters. The standard InChI is InChI=1S/C21H33FN4O.HI/c1-23-21(24-10-3-5-17-4-2-6-19(22)14-17)25-20-7-11-26(12-8-20)15-18-9-13-27-16-18;/h2,4,6,14,18,20H,3,5,7-13,15-16H2,1H3,(H2,23,24,25);1H. The Balaban J connectivity index is 0.00000280. The van der Waals surface area contributed by atoms with Crippen LogP contribution in [0, 0.1) is 11.7 Å². The largest absolute Gasteiger partial charge is 0.381 e. The Kier molecular flexibility index (Phi) is 10.5. The van der Waals surface area contributed by atoms with Gasteiger partial charge < -0.3 is 20.3 Å². The maximum atomic E-state index is 13.2. The number of nitrogens with zero attached hydrogens (tertiary/aromatic N) is 2. The van der Waals surface area contributed by atoms with Crippen LogP contribution >= 0.6 is 24.0 Å². The van der Waals surface area contributed by atoms with Crippen molar-refractivity contribution in [3.63, 3.8) is 0 Å². The first kappa shape index (κ1) is 23.3. The highest BCUT2D eigenvalue weighted by Gasteiger charge is 2.24. The SMILES string of the molecule is CN=C(NCCCc1cccc(F)c1)NC1CCN(CC2CCOC2)CC1.I. The van der Waals surface area contributed by atoms with E-state index < -0.39 is 0 Å². The number of hydrogen-bond donors (Lipinski definition) is 2. The summed E-state index contributed by atoms with van der Waals surface area (Å²) in [5, 5.41) is 6.94. The first-order valence-electron chi connectivity index (χ1n) is 10.2. The number of rotatable bonds is 7. The number of guanidine groups is 1. The molecule has 1 atom stereocenters. The van der Waals surface area contributed by atoms with E-state index in [2.05, 4.69) is 20.5 Å². The van der Waals surface area contributed by atoms with Crippen molar-refractivity contribution < 1.29 is 9.13 Å². The van der Waals surface area contributed by atoms with Gasteiger partial charge in [0.25, 0.3) is 0 Å². The lowest BCUT2D eigenvalue weighted by Crippen LogP contribution is -2.49. The van der Waals surface area contributed by atoms with Gasteiger partial charge in [0.15, 0.2) is 5.96 Å². The number of benzene rings is 1. The smallest absolute Gasteiger partial charge is 0.191 e. The molecule has 28 heavy (non-hydrogen) atoms. The number of aliphatic imine (C=N–C) groups is 1. The Morgan fingerprint density at radius 2 is 2.11 bits per heavy atom. The average Bonchev–Trinajstić information content (AvgIpc) is 3.19. The second kappa shape index (κ2) is 12.6. The van der Waals surface area contributed by atoms with E-state index in [9.17, 15) is 4.39 Å². The minimum Gasteiger partial charge on any atom is -0.381 e. The molecular formula is C21H34FIN4O. The molecule has 3 rings (SSSR count). The maximum absolute atomic E-state index is 13.2. The van der Waals surface area contributed by atoms with E-state index >= 15 is 0 Å². The van der Waals surface area contributed by atoms with Crippen molar-refractivity contribution in [3.05, 3.63) is 35.6 Å². The summed E-state index contributed by atoms with van der Waals surface area (Å²) in [7, 11) is 1.82. The van der Waals surface area contributed by atoms with E-state index in [1.165, 1.54) is 19.0 Å². The molecule has 0 radical (unpaired) electrons. The minimum atomic E-state index is -0.162. The fraction of sp³-hybridized carbons (Fsp3) is 0.667. The highest BCUT2D eigenvalue weighted by atomic mass is 127. The van der Waals surface area contributed by atoms with Crippen molar-refractivity contribution in [2.75, 3.05) is 46.4 Å². The summed E-state index contributed by atoms with van der Waals surface area (Å²) in [5.74, 6) is 1.43. The van der Waals surface area contributed by atoms with E-state index in [1.54, 1.807) is 12.1 Å². The Morgan fingerprint density at radius 3 is 2.79 bits per heavy atom. The van der Waals surface area contributed by atoms with Gasteiger partial charge in [0.05, 0.1) is 6.61 Å². The van der Waals surface area contributed by atoms with Crippen LogP contribution in [-0.4, -0.2) is 63.3 Å². The van der Waals surface area contributed by atoms with Crippen LogP contribution in [0.4, 0.5) is 4.39 Å². The Bertz CT molecular complexity index is 602. The van der Waals surface area contributed by atoms with Crippen LogP contribution in [-0.2, 0) is 11.2 Å². The Hall–Kier alpha value is -0.930. The summed E-state index contributed by atoms with van der Waals surface area (Å²) in [5.41, 5.74) is 1.04. The van der Waals surface area contributed by atoms with E-state index in [0.29, 0.717) is 6.04 Å². The Labute approximate surface area is 185 Å². The van der Waals surface area contributed by atoms with Crippen molar-refractivity contribution in [2.24, 2.45) is 10.9 Å². The van der Waals surface area contributed by atoms with Crippen molar-refractivity contribution in [3.8, 4) is 0 Å². The summed E-state index contributed by atoms with van der Waals surface area (Å²) in [4.78, 5) is 6.92. The third-order valence-electron chi connectivity index (χ3n) is 5.52. The third-order valence-corrected chi connectivity index (χ3v) is 5.52. The molecule has 2 fully saturated rings. The van der Waals surface area contributed by atoms with E-state index in [4.69, 9.17) is 4.74 Å². The predicted molar refractivity (Wildman–Crippen MR) is 123 cm³/mol. The molecule has 0 bridgehead atoms. The monoisotopic (exact) mass is 504 g/mol. The highest BCUT2D eigenvalue weighted by molar-refractivity contribution is 14.0. The number of hydrogen-bond acceptors (Lipinski definition) is 3. The van der Waals surface area contributed by atoms with Gasteiger partial charge in [0, 0.05) is 45.9 Å². The zero-order chi connectivity index (χ0) is 18.9. The summed E-state index contributed by atoms with van der Waals surface area (Å²) in [6.07, 6.45) is 5.33. The van der Waals surface area contributed by atoms with Gasteiger partial charge in [0.2, 0.25) is 0 Å². The Morgan fingerprint density at radius 1 is 1.29 bits per heavy atom. The molecule has 1 aromatic carbocycles. The van der Waals surface area contributed by atoms with Gasteiger partial charge in [-0.1, -0.05) is 12.1 Å². The number of aryl methyl sites for hydroxylation is 1. The lowest BCUT2D eigenvalue weighted by molar-refractivity contribution is 0.150. The molecule has 0 amide bonds. The second-order valence-corrected chi connectivity index (χ2v) is 7.68. The van der Waals surface area contributed by atoms with E-state index in [0.717, 1.165) is 76.0 Å². The van der Waals surface area contributed by atoms with Crippen molar-refractivity contribution in [1.29, 1.82) is 0 Å². The molecule has 2 aliphatic rings. The van der Waals surface area contributed by atoms with Crippen molar-refractivity contribution >= 4 is 29.9 Å². The fourth-order valence-electron chi connectivity index (χ4n) is 3.93. The molecule has 0 aromatic heterocycles. The van der Waals surface area contributed by atoms with Crippen LogP contribution in [0.5, 0.6) is 0 Å². The molecule has 5 nitrogen and oxygen atoms in total. The molecule has 1 aromatic rings. The zero-order valence-electron chi connectivity index (χ0n) is 16.8. The number of halogens is 2. The van der Waals surface area contributed by atoms with Gasteiger partial charge in [-0.25, -0.2) is 4.39 Å². The van der Waals surface area contributed by atoms with Crippen molar-refractivity contribution in [1.82, 2.24) is 15.5 Å². The normalized spacial score (nSPS) is 21.4. The van der Waals surface area contributed by atoms with Gasteiger partial charge in [-0.15, -0.1) is 24.0 Å². The zero-order valence-corrected chi connectivity index (χ0v) is 19.2. The van der Waals surface area contributed by atoms with E-state index in [-0.39, 0.29) is 29.8 Å². The quantitative estimate of drug-likeness (QED) is 0.260. The van der Waals surface area contributed by atoms with Gasteiger partial charge in [-0.2, -0.15) is 0 Å². The third kappa shape index (κ3) is 7.83. The minimum absolute atomic E-state index is 0. The lowest BCUT2D eigenvalue weighted by atomic mass is 10.0. The van der Waals surface area contributed by atoms with Crippen LogP contribution in [0.1, 0.15) is 31.2 Å². The van der Waals surface area contributed by atoms with Gasteiger partial charge in [-0.3, -0.25) is 4.99 Å². The van der Waals surface area contributed by atoms with Gasteiger partial charge in [-0.05, 0) is 55.7 Å². The molecule has 2 aliphatic heterocycles. The molecule has 0 saturated carbocycles. The number of ether oxygens (including phenoxy) is 1. The molecule has 0 aliphatic carbocycles. The summed E-state index contributed by atoms with van der Waals surface area (Å²) < 4.78 is 18.7. The first-order valence-corrected chi connectivity index (χ1v) is 10.2. The van der Waals surface area contributed by atoms with Gasteiger partial charge in [0.1, 0.15) is 5.82 Å². The van der Waals surface area contributed by atoms with Crippen LogP contribution in [0.2, 0.25) is 0 Å². The number of piperidine rings is 1. The predicted octanol–water partition coefficient (Wildman–Crippen LogP) is 3.04. The molecule has 7 heteroatoms. The molecule has 2 heterocycles. The van der Waals surface area contributed by atoms with Crippen LogP contribution in [0.3, 0.4) is 0 Å². The maximum Gasteiger partial charge on any atom is 0.191 e. The van der Waals surface area contributed by atoms with Crippen LogP contribution in [0.15, 0.2) is 29.3 Å². The summed E-state index contributed by atoms with van der Waals surface area (Å²) in [6.45, 7) is 6.17. The van der Waals surface area contributed by atoms with Gasteiger partial charge >= 0.3 is 0 Å².